The smallest absolute Gasteiger partial charge is 0.254 e. The Morgan fingerprint density at radius 3 is 2.59 bits per heavy atom. The number of nitrogens with one attached hydrogen (secondary N) is 1. The summed E-state index contributed by atoms with van der Waals surface area (Å²) in [5.74, 6) is 1.21. The van der Waals surface area contributed by atoms with E-state index in [4.69, 9.17) is 9.47 Å². The van der Waals surface area contributed by atoms with Crippen molar-refractivity contribution in [1.29, 1.82) is 0 Å². The number of rotatable bonds is 4. The van der Waals surface area contributed by atoms with Crippen molar-refractivity contribution in [2.45, 2.75) is 6.54 Å². The number of aromatic nitrogens is 2. The second-order valence-corrected chi connectivity index (χ2v) is 6.68. The van der Waals surface area contributed by atoms with Gasteiger partial charge in [0.1, 0.15) is 5.69 Å². The molecule has 1 aliphatic heterocycles. The Morgan fingerprint density at radius 1 is 0.897 bits per heavy atom. The van der Waals surface area contributed by atoms with Crippen molar-refractivity contribution >= 4 is 16.8 Å². The normalized spacial score (nSPS) is 12.1. The molecular weight excluding hydrogens is 366 g/mol. The van der Waals surface area contributed by atoms with E-state index in [9.17, 15) is 4.79 Å². The summed E-state index contributed by atoms with van der Waals surface area (Å²) >= 11 is 0. The summed E-state index contributed by atoms with van der Waals surface area (Å²) in [6.07, 6.45) is 0. The molecule has 0 atom stereocenters. The highest BCUT2D eigenvalue weighted by Crippen LogP contribution is 2.32. The molecule has 4 aromatic rings. The monoisotopic (exact) mass is 383 g/mol. The summed E-state index contributed by atoms with van der Waals surface area (Å²) in [5.41, 5.74) is 3.53. The average Bonchev–Trinajstić information content (AvgIpc) is 3.25. The van der Waals surface area contributed by atoms with Crippen LogP contribution in [0.5, 0.6) is 11.5 Å². The number of nitrogens with zero attached hydrogens (tertiary/aromatic N) is 2. The number of ether oxygens (including phenoxy) is 2. The lowest BCUT2D eigenvalue weighted by Crippen LogP contribution is -2.24. The molecule has 0 bridgehead atoms. The molecule has 0 aliphatic carbocycles. The van der Waals surface area contributed by atoms with E-state index in [0.717, 1.165) is 22.3 Å². The molecule has 3 aromatic carbocycles. The average molecular weight is 383 g/mol. The zero-order valence-electron chi connectivity index (χ0n) is 15.5. The molecule has 5 rings (SSSR count). The fraction of sp³-hybridized carbons (Fsp3) is 0.0870. The number of benzene rings is 3. The lowest BCUT2D eigenvalue weighted by atomic mass is 10.0. The summed E-state index contributed by atoms with van der Waals surface area (Å²) in [7, 11) is 0. The van der Waals surface area contributed by atoms with Crippen LogP contribution in [0.3, 0.4) is 0 Å². The molecular formula is C23H17N3O3. The molecule has 29 heavy (non-hydrogen) atoms. The van der Waals surface area contributed by atoms with Gasteiger partial charge in [0.2, 0.25) is 6.79 Å². The number of carbonyl (C=O) groups is 1. The number of fused-ring (bicyclic) bond motifs is 2. The first-order valence-electron chi connectivity index (χ1n) is 9.27. The molecule has 0 fully saturated rings. The molecule has 1 N–H and O–H groups in total. The first kappa shape index (κ1) is 17.2. The van der Waals surface area contributed by atoms with E-state index in [1.54, 1.807) is 0 Å². The van der Waals surface area contributed by atoms with Crippen LogP contribution in [0, 0.1) is 0 Å². The summed E-state index contributed by atoms with van der Waals surface area (Å²) in [6, 6.07) is 22.8. The maximum Gasteiger partial charge on any atom is 0.254 e. The number of carbonyl (C=O) groups excluding carboxylic acids is 1. The maximum atomic E-state index is 13.2. The largest absolute Gasteiger partial charge is 0.454 e. The number of amides is 1. The minimum Gasteiger partial charge on any atom is -0.454 e. The van der Waals surface area contributed by atoms with Gasteiger partial charge in [-0.25, -0.2) is 0 Å². The van der Waals surface area contributed by atoms with Crippen LogP contribution in [0.2, 0.25) is 0 Å². The predicted octanol–water partition coefficient (Wildman–Crippen LogP) is 3.96. The molecule has 0 saturated carbocycles. The fourth-order valence-electron chi connectivity index (χ4n) is 3.40. The quantitative estimate of drug-likeness (QED) is 0.578. The SMILES string of the molecule is O=C(NCc1ccc2c(c1)OCO2)c1c(-c2ccccc2)nnc2ccccc12. The molecule has 6 heteroatoms. The van der Waals surface area contributed by atoms with Crippen LogP contribution in [-0.4, -0.2) is 22.9 Å². The Labute approximate surface area is 167 Å². The highest BCUT2D eigenvalue weighted by Gasteiger charge is 2.19. The van der Waals surface area contributed by atoms with Crippen LogP contribution >= 0.6 is 0 Å². The van der Waals surface area contributed by atoms with Crippen LogP contribution < -0.4 is 14.8 Å². The van der Waals surface area contributed by atoms with Crippen molar-refractivity contribution in [3.05, 3.63) is 83.9 Å². The van der Waals surface area contributed by atoms with Gasteiger partial charge in [0.15, 0.2) is 11.5 Å². The van der Waals surface area contributed by atoms with Gasteiger partial charge in [-0.05, 0) is 23.8 Å². The van der Waals surface area contributed by atoms with E-state index >= 15 is 0 Å². The topological polar surface area (TPSA) is 73.3 Å². The van der Waals surface area contributed by atoms with Crippen molar-refractivity contribution in [1.82, 2.24) is 15.5 Å². The summed E-state index contributed by atoms with van der Waals surface area (Å²) in [6.45, 7) is 0.584. The minimum atomic E-state index is -0.201. The van der Waals surface area contributed by atoms with Gasteiger partial charge in [0, 0.05) is 17.5 Å². The molecule has 0 saturated heterocycles. The van der Waals surface area contributed by atoms with Crippen molar-refractivity contribution in [3.63, 3.8) is 0 Å². The van der Waals surface area contributed by atoms with Crippen molar-refractivity contribution in [2.24, 2.45) is 0 Å². The van der Waals surface area contributed by atoms with E-state index in [-0.39, 0.29) is 12.7 Å². The second kappa shape index (κ2) is 7.24. The van der Waals surface area contributed by atoms with Crippen molar-refractivity contribution in [3.8, 4) is 22.8 Å². The summed E-state index contributed by atoms with van der Waals surface area (Å²) < 4.78 is 10.7. The Hall–Kier alpha value is -3.93. The highest BCUT2D eigenvalue weighted by molar-refractivity contribution is 6.10. The molecule has 2 heterocycles. The van der Waals surface area contributed by atoms with E-state index in [1.807, 2.05) is 72.8 Å². The van der Waals surface area contributed by atoms with E-state index in [2.05, 4.69) is 15.5 Å². The number of hydrogen-bond acceptors (Lipinski definition) is 5. The van der Waals surface area contributed by atoms with Crippen molar-refractivity contribution in [2.75, 3.05) is 6.79 Å². The van der Waals surface area contributed by atoms with Gasteiger partial charge in [-0.15, -0.1) is 10.2 Å². The van der Waals surface area contributed by atoms with Gasteiger partial charge in [-0.2, -0.15) is 0 Å². The number of hydrogen-bond donors (Lipinski definition) is 1. The van der Waals surface area contributed by atoms with Crippen LogP contribution in [0.4, 0.5) is 0 Å². The maximum absolute atomic E-state index is 13.2. The van der Waals surface area contributed by atoms with Crippen molar-refractivity contribution < 1.29 is 14.3 Å². The van der Waals surface area contributed by atoms with E-state index in [1.165, 1.54) is 0 Å². The zero-order chi connectivity index (χ0) is 19.6. The molecule has 1 amide bonds. The lowest BCUT2D eigenvalue weighted by molar-refractivity contribution is 0.0952. The molecule has 6 nitrogen and oxygen atoms in total. The minimum absolute atomic E-state index is 0.201. The Balaban J connectivity index is 1.50. The van der Waals surface area contributed by atoms with Gasteiger partial charge in [-0.3, -0.25) is 4.79 Å². The molecule has 1 aromatic heterocycles. The molecule has 0 unspecified atom stereocenters. The fourth-order valence-corrected chi connectivity index (χ4v) is 3.40. The molecule has 0 spiro atoms. The first-order valence-corrected chi connectivity index (χ1v) is 9.27. The summed E-state index contributed by atoms with van der Waals surface area (Å²) in [5, 5.41) is 12.4. The Bertz CT molecular complexity index is 1210. The standard InChI is InChI=1S/C23H17N3O3/c27-23(24-13-15-10-11-19-20(12-15)29-14-28-19)21-17-8-4-5-9-18(17)25-26-22(21)16-6-2-1-3-7-16/h1-12H,13-14H2,(H,24,27). The predicted molar refractivity (Wildman–Crippen MR) is 109 cm³/mol. The Morgan fingerprint density at radius 2 is 1.69 bits per heavy atom. The third-order valence-corrected chi connectivity index (χ3v) is 4.83. The van der Waals surface area contributed by atoms with Crippen LogP contribution in [0.15, 0.2) is 72.8 Å². The van der Waals surface area contributed by atoms with Crippen LogP contribution in [0.25, 0.3) is 22.2 Å². The van der Waals surface area contributed by atoms with Gasteiger partial charge in [-0.1, -0.05) is 54.6 Å². The second-order valence-electron chi connectivity index (χ2n) is 6.68. The highest BCUT2D eigenvalue weighted by atomic mass is 16.7. The molecule has 142 valence electrons. The molecule has 1 aliphatic rings. The zero-order valence-corrected chi connectivity index (χ0v) is 15.5. The summed E-state index contributed by atoms with van der Waals surface area (Å²) in [4.78, 5) is 13.2. The first-order chi connectivity index (χ1) is 14.3. The lowest BCUT2D eigenvalue weighted by Gasteiger charge is -2.12. The van der Waals surface area contributed by atoms with Gasteiger partial charge >= 0.3 is 0 Å². The van der Waals surface area contributed by atoms with Crippen LogP contribution in [0.1, 0.15) is 15.9 Å². The Kier molecular flexibility index (Phi) is 4.29. The van der Waals surface area contributed by atoms with Gasteiger partial charge in [0.25, 0.3) is 5.91 Å². The van der Waals surface area contributed by atoms with Crippen LogP contribution in [-0.2, 0) is 6.54 Å². The third-order valence-electron chi connectivity index (χ3n) is 4.83. The van der Waals surface area contributed by atoms with Gasteiger partial charge in [0.05, 0.1) is 11.1 Å². The van der Waals surface area contributed by atoms with E-state index in [0.29, 0.717) is 29.1 Å². The van der Waals surface area contributed by atoms with Gasteiger partial charge < -0.3 is 14.8 Å². The third kappa shape index (κ3) is 3.25. The van der Waals surface area contributed by atoms with E-state index < -0.39 is 0 Å². The molecule has 0 radical (unpaired) electrons.